The van der Waals surface area contributed by atoms with Crippen LogP contribution in [0.25, 0.3) is 0 Å². The normalized spacial score (nSPS) is 17.2. The number of piperidine rings is 1. The van der Waals surface area contributed by atoms with Crippen LogP contribution in [-0.4, -0.2) is 55.7 Å². The van der Waals surface area contributed by atoms with Crippen LogP contribution in [0.5, 0.6) is 0 Å². The maximum atomic E-state index is 11.6. The average molecular weight is 318 g/mol. The minimum Gasteiger partial charge on any atom is -0.465 e. The van der Waals surface area contributed by atoms with Gasteiger partial charge < -0.3 is 14.5 Å². The molecule has 0 unspecified atom stereocenters. The van der Waals surface area contributed by atoms with Crippen molar-refractivity contribution in [1.29, 1.82) is 0 Å². The number of hydrogen-bond acceptors (Lipinski definition) is 6. The summed E-state index contributed by atoms with van der Waals surface area (Å²) >= 11 is 7.31. The highest BCUT2D eigenvalue weighted by atomic mass is 35.5. The number of nitrogens with zero attached hydrogens (tertiary/aromatic N) is 3. The lowest BCUT2D eigenvalue weighted by Gasteiger charge is -2.36. The summed E-state index contributed by atoms with van der Waals surface area (Å²) in [6.07, 6.45) is 2.21. The highest BCUT2D eigenvalue weighted by Crippen LogP contribution is 2.32. The van der Waals surface area contributed by atoms with Gasteiger partial charge in [-0.2, -0.15) is 0 Å². The molecule has 1 fully saturated rings. The maximum Gasteiger partial charge on any atom is 0.351 e. The summed E-state index contributed by atoms with van der Waals surface area (Å²) in [6, 6.07) is 0.450. The Balaban J connectivity index is 2.06. The number of thiazole rings is 1. The standard InChI is InChI=1S/C13H20ClN3O2S/c1-4-17-7-5-9(6-8-17)16(2)13-15-11(14)10(20-13)12(18)19-3/h9H,4-8H2,1-3H3. The molecule has 0 saturated carbocycles. The largest absolute Gasteiger partial charge is 0.465 e. The van der Waals surface area contributed by atoms with E-state index in [0.29, 0.717) is 10.9 Å². The van der Waals surface area contributed by atoms with Crippen LogP contribution >= 0.6 is 22.9 Å². The smallest absolute Gasteiger partial charge is 0.351 e. The molecule has 0 N–H and O–H groups in total. The molecule has 112 valence electrons. The van der Waals surface area contributed by atoms with Crippen molar-refractivity contribution in [3.63, 3.8) is 0 Å². The zero-order chi connectivity index (χ0) is 14.7. The molecule has 1 aromatic heterocycles. The van der Waals surface area contributed by atoms with Crippen molar-refractivity contribution in [2.45, 2.75) is 25.8 Å². The van der Waals surface area contributed by atoms with Gasteiger partial charge in [0.2, 0.25) is 0 Å². The second-order valence-corrected chi connectivity index (χ2v) is 6.22. The molecule has 1 aliphatic rings. The fourth-order valence-electron chi connectivity index (χ4n) is 2.44. The molecular formula is C13H20ClN3O2S. The number of likely N-dealkylation sites (tertiary alicyclic amines) is 1. The number of ether oxygens (including phenoxy) is 1. The summed E-state index contributed by atoms with van der Waals surface area (Å²) in [4.78, 5) is 20.8. The second-order valence-electron chi connectivity index (χ2n) is 4.88. The average Bonchev–Trinajstić information content (AvgIpc) is 2.87. The molecule has 2 rings (SSSR count). The fraction of sp³-hybridized carbons (Fsp3) is 0.692. The fourth-order valence-corrected chi connectivity index (χ4v) is 3.67. The van der Waals surface area contributed by atoms with Gasteiger partial charge in [0.25, 0.3) is 0 Å². The Hall–Kier alpha value is -0.850. The van der Waals surface area contributed by atoms with Crippen LogP contribution in [0.2, 0.25) is 5.15 Å². The molecule has 1 aromatic rings. The quantitative estimate of drug-likeness (QED) is 0.798. The van der Waals surface area contributed by atoms with E-state index in [2.05, 4.69) is 21.7 Å². The molecule has 7 heteroatoms. The lowest BCUT2D eigenvalue weighted by Crippen LogP contribution is -2.43. The van der Waals surface area contributed by atoms with Crippen LogP contribution in [0, 0.1) is 0 Å². The summed E-state index contributed by atoms with van der Waals surface area (Å²) < 4.78 is 4.71. The van der Waals surface area contributed by atoms with Crippen molar-refractivity contribution in [2.75, 3.05) is 38.7 Å². The highest BCUT2D eigenvalue weighted by Gasteiger charge is 2.26. The molecule has 1 aliphatic heterocycles. The van der Waals surface area contributed by atoms with E-state index >= 15 is 0 Å². The monoisotopic (exact) mass is 317 g/mol. The van der Waals surface area contributed by atoms with Gasteiger partial charge in [0, 0.05) is 26.2 Å². The van der Waals surface area contributed by atoms with Crippen molar-refractivity contribution < 1.29 is 9.53 Å². The van der Waals surface area contributed by atoms with Gasteiger partial charge in [-0.15, -0.1) is 0 Å². The van der Waals surface area contributed by atoms with Gasteiger partial charge in [0.05, 0.1) is 7.11 Å². The summed E-state index contributed by atoms with van der Waals surface area (Å²) in [5.41, 5.74) is 0. The Morgan fingerprint density at radius 3 is 2.75 bits per heavy atom. The summed E-state index contributed by atoms with van der Waals surface area (Å²) in [7, 11) is 3.37. The van der Waals surface area contributed by atoms with Crippen molar-refractivity contribution in [2.24, 2.45) is 0 Å². The lowest BCUT2D eigenvalue weighted by atomic mass is 10.0. The molecule has 2 heterocycles. The number of carbonyl (C=O) groups excluding carboxylic acids is 1. The van der Waals surface area contributed by atoms with Crippen LogP contribution in [0.3, 0.4) is 0 Å². The van der Waals surface area contributed by atoms with Gasteiger partial charge in [-0.25, -0.2) is 9.78 Å². The number of carbonyl (C=O) groups is 1. The van der Waals surface area contributed by atoms with E-state index < -0.39 is 5.97 Å². The number of methoxy groups -OCH3 is 1. The van der Waals surface area contributed by atoms with Gasteiger partial charge >= 0.3 is 5.97 Å². The third kappa shape index (κ3) is 3.24. The van der Waals surface area contributed by atoms with Crippen molar-refractivity contribution in [1.82, 2.24) is 9.88 Å². The van der Waals surface area contributed by atoms with E-state index in [4.69, 9.17) is 16.3 Å². The molecule has 20 heavy (non-hydrogen) atoms. The number of hydrogen-bond donors (Lipinski definition) is 0. The zero-order valence-corrected chi connectivity index (χ0v) is 13.6. The number of halogens is 1. The number of anilines is 1. The number of rotatable bonds is 4. The topological polar surface area (TPSA) is 45.7 Å². The molecule has 0 atom stereocenters. The predicted octanol–water partition coefficient (Wildman–Crippen LogP) is 2.50. The van der Waals surface area contributed by atoms with E-state index in [1.54, 1.807) is 0 Å². The Labute approximate surface area is 128 Å². The third-order valence-electron chi connectivity index (χ3n) is 3.80. The molecule has 1 saturated heterocycles. The van der Waals surface area contributed by atoms with E-state index in [1.807, 2.05) is 7.05 Å². The molecule has 0 radical (unpaired) electrons. The summed E-state index contributed by atoms with van der Waals surface area (Å²) in [5.74, 6) is -0.423. The van der Waals surface area contributed by atoms with Gasteiger partial charge in [-0.1, -0.05) is 29.9 Å². The first-order valence-electron chi connectivity index (χ1n) is 6.76. The second kappa shape index (κ2) is 6.74. The van der Waals surface area contributed by atoms with Crippen LogP contribution in [0.15, 0.2) is 0 Å². The Morgan fingerprint density at radius 2 is 2.20 bits per heavy atom. The van der Waals surface area contributed by atoms with E-state index in [-0.39, 0.29) is 5.15 Å². The Bertz CT molecular complexity index is 472. The van der Waals surface area contributed by atoms with Crippen molar-refractivity contribution in [3.05, 3.63) is 10.0 Å². The lowest BCUT2D eigenvalue weighted by molar-refractivity contribution is 0.0606. The zero-order valence-electron chi connectivity index (χ0n) is 12.1. The third-order valence-corrected chi connectivity index (χ3v) is 5.31. The first-order valence-corrected chi connectivity index (χ1v) is 7.96. The molecule has 0 aromatic carbocycles. The van der Waals surface area contributed by atoms with Crippen LogP contribution in [0.1, 0.15) is 29.4 Å². The summed E-state index contributed by atoms with van der Waals surface area (Å²) in [6.45, 7) is 5.50. The SMILES string of the molecule is CCN1CCC(N(C)c2nc(Cl)c(C(=O)OC)s2)CC1. The molecule has 0 spiro atoms. The molecular weight excluding hydrogens is 298 g/mol. The van der Waals surface area contributed by atoms with Crippen LogP contribution in [0.4, 0.5) is 5.13 Å². The van der Waals surface area contributed by atoms with Gasteiger partial charge in [0.1, 0.15) is 0 Å². The van der Waals surface area contributed by atoms with Gasteiger partial charge in [0.15, 0.2) is 15.2 Å². The minimum absolute atomic E-state index is 0.231. The molecule has 0 amide bonds. The summed E-state index contributed by atoms with van der Waals surface area (Å²) in [5, 5.41) is 1.01. The van der Waals surface area contributed by atoms with Crippen LogP contribution < -0.4 is 4.90 Å². The molecule has 0 bridgehead atoms. The van der Waals surface area contributed by atoms with E-state index in [0.717, 1.165) is 37.6 Å². The first-order chi connectivity index (χ1) is 9.56. The number of aromatic nitrogens is 1. The predicted molar refractivity (Wildman–Crippen MR) is 82.0 cm³/mol. The highest BCUT2D eigenvalue weighted by molar-refractivity contribution is 7.18. The number of esters is 1. The maximum absolute atomic E-state index is 11.6. The van der Waals surface area contributed by atoms with Gasteiger partial charge in [-0.05, 0) is 19.4 Å². The van der Waals surface area contributed by atoms with Crippen molar-refractivity contribution >= 4 is 34.0 Å². The first kappa shape index (κ1) is 15.5. The van der Waals surface area contributed by atoms with Crippen molar-refractivity contribution in [3.8, 4) is 0 Å². The minimum atomic E-state index is -0.423. The van der Waals surface area contributed by atoms with E-state index in [9.17, 15) is 4.79 Å². The van der Waals surface area contributed by atoms with Crippen LogP contribution in [-0.2, 0) is 4.74 Å². The Kier molecular flexibility index (Phi) is 5.23. The Morgan fingerprint density at radius 1 is 1.55 bits per heavy atom. The van der Waals surface area contributed by atoms with E-state index in [1.165, 1.54) is 18.4 Å². The molecule has 5 nitrogen and oxygen atoms in total. The van der Waals surface area contributed by atoms with Gasteiger partial charge in [-0.3, -0.25) is 0 Å². The molecule has 0 aliphatic carbocycles.